The lowest BCUT2D eigenvalue weighted by Gasteiger charge is -2.39. The monoisotopic (exact) mass is 476 g/mol. The third-order valence-corrected chi connectivity index (χ3v) is 6.51. The Kier molecular flexibility index (Phi) is 8.11. The van der Waals surface area contributed by atoms with Crippen LogP contribution in [0.1, 0.15) is 37.6 Å². The van der Waals surface area contributed by atoms with Gasteiger partial charge in [0.2, 0.25) is 5.91 Å². The van der Waals surface area contributed by atoms with Crippen molar-refractivity contribution >= 4 is 24.0 Å². The molecule has 1 fully saturated rings. The second-order valence-corrected chi connectivity index (χ2v) is 9.71. The zero-order valence-electron chi connectivity index (χ0n) is 19.8. The number of carbonyl (C=O) groups is 1. The molecule has 4 rings (SSSR count). The lowest BCUT2D eigenvalue weighted by atomic mass is 9.88. The van der Waals surface area contributed by atoms with Gasteiger partial charge in [-0.3, -0.25) is 14.7 Å². The van der Waals surface area contributed by atoms with Crippen molar-refractivity contribution in [3.05, 3.63) is 59.2 Å². The number of rotatable bonds is 6. The number of pyridine rings is 1. The Bertz CT molecular complexity index is 987. The Labute approximate surface area is 201 Å². The van der Waals surface area contributed by atoms with Gasteiger partial charge in [0.1, 0.15) is 5.82 Å². The Morgan fingerprint density at radius 2 is 2.12 bits per heavy atom. The minimum atomic E-state index is -0.252. The first-order valence-corrected chi connectivity index (χ1v) is 11.3. The third-order valence-electron chi connectivity index (χ3n) is 6.51. The Hall–Kier alpha value is -2.06. The summed E-state index contributed by atoms with van der Waals surface area (Å²) in [6.07, 6.45) is 2.41. The molecule has 0 unspecified atom stereocenters. The fourth-order valence-electron chi connectivity index (χ4n) is 4.81. The van der Waals surface area contributed by atoms with Gasteiger partial charge in [-0.15, -0.1) is 12.4 Å². The highest BCUT2D eigenvalue weighted by molar-refractivity contribution is 5.97. The number of aromatic nitrogens is 1. The highest BCUT2D eigenvalue weighted by atomic mass is 35.5. The molecule has 8 heteroatoms. The molecule has 2 aliphatic heterocycles. The van der Waals surface area contributed by atoms with Crippen LogP contribution in [0.5, 0.6) is 0 Å². The maximum Gasteiger partial charge on any atom is 0.241 e. The van der Waals surface area contributed by atoms with E-state index in [1.165, 1.54) is 12.1 Å². The number of fused-ring (bicyclic) bond motifs is 1. The molecule has 2 aromatic rings. The number of nitrogens with one attached hydrogen (secondary N) is 1. The van der Waals surface area contributed by atoms with Crippen molar-refractivity contribution in [2.75, 3.05) is 44.8 Å². The lowest BCUT2D eigenvalue weighted by Crippen LogP contribution is -2.59. The average molecular weight is 477 g/mol. The van der Waals surface area contributed by atoms with E-state index >= 15 is 0 Å². The number of hydrogen-bond donors (Lipinski definition) is 1. The van der Waals surface area contributed by atoms with E-state index in [2.05, 4.69) is 36.0 Å². The van der Waals surface area contributed by atoms with Gasteiger partial charge in [-0.05, 0) is 30.7 Å². The number of hydrogen-bond acceptors (Lipinski definition) is 5. The van der Waals surface area contributed by atoms with E-state index in [0.717, 1.165) is 35.6 Å². The van der Waals surface area contributed by atoms with Crippen LogP contribution in [0.2, 0.25) is 0 Å². The molecule has 0 radical (unpaired) electrons. The number of methoxy groups -OCH3 is 1. The molecule has 1 saturated heterocycles. The summed E-state index contributed by atoms with van der Waals surface area (Å²) in [5.41, 5.74) is 3.53. The zero-order valence-corrected chi connectivity index (χ0v) is 20.6. The van der Waals surface area contributed by atoms with Crippen LogP contribution in [0.25, 0.3) is 0 Å². The van der Waals surface area contributed by atoms with Crippen LogP contribution in [0, 0.1) is 5.82 Å². The molecule has 6 nitrogen and oxygen atoms in total. The SMILES string of the molecule is COC[C@H]1CN[C@H](C)CN1CC(=O)N1CC(C)(C)c2cnc(Cc3cccc(F)c3)cc21.Cl. The molecule has 1 N–H and O–H groups in total. The minimum absolute atomic E-state index is 0. The van der Waals surface area contributed by atoms with Crippen molar-refractivity contribution < 1.29 is 13.9 Å². The minimum Gasteiger partial charge on any atom is -0.383 e. The predicted molar refractivity (Wildman–Crippen MR) is 131 cm³/mol. The second-order valence-electron chi connectivity index (χ2n) is 9.71. The van der Waals surface area contributed by atoms with E-state index in [1.54, 1.807) is 13.2 Å². The van der Waals surface area contributed by atoms with Gasteiger partial charge in [-0.25, -0.2) is 4.39 Å². The van der Waals surface area contributed by atoms with E-state index in [0.29, 0.717) is 32.2 Å². The van der Waals surface area contributed by atoms with Crippen LogP contribution in [0.4, 0.5) is 10.1 Å². The smallest absolute Gasteiger partial charge is 0.241 e. The lowest BCUT2D eigenvalue weighted by molar-refractivity contribution is -0.121. The fraction of sp³-hybridized carbons (Fsp3) is 0.520. The van der Waals surface area contributed by atoms with Gasteiger partial charge in [0.15, 0.2) is 0 Å². The Morgan fingerprint density at radius 1 is 1.33 bits per heavy atom. The summed E-state index contributed by atoms with van der Waals surface area (Å²) in [4.78, 5) is 22.3. The van der Waals surface area contributed by atoms with E-state index in [4.69, 9.17) is 4.74 Å². The summed E-state index contributed by atoms with van der Waals surface area (Å²) < 4.78 is 19.0. The molecule has 2 atom stereocenters. The first-order chi connectivity index (χ1) is 15.3. The number of piperazine rings is 1. The topological polar surface area (TPSA) is 57.7 Å². The van der Waals surface area contributed by atoms with Gasteiger partial charge in [-0.2, -0.15) is 0 Å². The van der Waals surface area contributed by atoms with Crippen LogP contribution in [-0.4, -0.2) is 67.8 Å². The normalized spacial score (nSPS) is 22.0. The molecule has 1 aromatic heterocycles. The number of carbonyl (C=O) groups excluding carboxylic acids is 1. The predicted octanol–water partition coefficient (Wildman–Crippen LogP) is 3.17. The van der Waals surface area contributed by atoms with Crippen molar-refractivity contribution in [2.24, 2.45) is 0 Å². The van der Waals surface area contributed by atoms with Crippen LogP contribution < -0.4 is 10.2 Å². The Morgan fingerprint density at radius 3 is 2.85 bits per heavy atom. The zero-order chi connectivity index (χ0) is 22.9. The largest absolute Gasteiger partial charge is 0.383 e. The summed E-state index contributed by atoms with van der Waals surface area (Å²) in [6.45, 7) is 9.63. The number of benzene rings is 1. The molecular formula is C25H34ClFN4O2. The van der Waals surface area contributed by atoms with Crippen LogP contribution >= 0.6 is 12.4 Å². The summed E-state index contributed by atoms with van der Waals surface area (Å²) in [7, 11) is 1.70. The first-order valence-electron chi connectivity index (χ1n) is 11.3. The average Bonchev–Trinajstić information content (AvgIpc) is 3.01. The number of amides is 1. The van der Waals surface area contributed by atoms with Gasteiger partial charge < -0.3 is 15.0 Å². The summed E-state index contributed by atoms with van der Waals surface area (Å²) >= 11 is 0. The highest BCUT2D eigenvalue weighted by Crippen LogP contribution is 2.40. The molecule has 2 aliphatic rings. The van der Waals surface area contributed by atoms with Crippen LogP contribution in [0.3, 0.4) is 0 Å². The van der Waals surface area contributed by atoms with Crippen molar-refractivity contribution in [2.45, 2.75) is 44.7 Å². The number of nitrogens with zero attached hydrogens (tertiary/aromatic N) is 3. The summed E-state index contributed by atoms with van der Waals surface area (Å²) in [6, 6.07) is 9.09. The summed E-state index contributed by atoms with van der Waals surface area (Å²) in [5.74, 6) is -0.160. The third kappa shape index (κ3) is 5.72. The van der Waals surface area contributed by atoms with Gasteiger partial charge in [0.05, 0.1) is 18.8 Å². The van der Waals surface area contributed by atoms with E-state index < -0.39 is 0 Å². The molecule has 1 aromatic carbocycles. The molecule has 180 valence electrons. The van der Waals surface area contributed by atoms with Gasteiger partial charge in [-0.1, -0.05) is 26.0 Å². The molecule has 3 heterocycles. The molecular weight excluding hydrogens is 443 g/mol. The second kappa shape index (κ2) is 10.5. The van der Waals surface area contributed by atoms with E-state index in [9.17, 15) is 9.18 Å². The number of anilines is 1. The maximum atomic E-state index is 13.6. The molecule has 0 bridgehead atoms. The summed E-state index contributed by atoms with van der Waals surface area (Å²) in [5, 5.41) is 3.47. The van der Waals surface area contributed by atoms with Crippen molar-refractivity contribution in [1.29, 1.82) is 0 Å². The molecule has 0 spiro atoms. The molecule has 1 amide bonds. The molecule has 0 aliphatic carbocycles. The van der Waals surface area contributed by atoms with Gasteiger partial charge in [0, 0.05) is 68.1 Å². The maximum absolute atomic E-state index is 13.6. The van der Waals surface area contributed by atoms with E-state index in [1.807, 2.05) is 23.2 Å². The quantitative estimate of drug-likeness (QED) is 0.694. The van der Waals surface area contributed by atoms with E-state index in [-0.39, 0.29) is 35.6 Å². The van der Waals surface area contributed by atoms with Crippen molar-refractivity contribution in [3.63, 3.8) is 0 Å². The number of ether oxygens (including phenoxy) is 1. The fourth-order valence-corrected chi connectivity index (χ4v) is 4.81. The van der Waals surface area contributed by atoms with Gasteiger partial charge >= 0.3 is 0 Å². The van der Waals surface area contributed by atoms with Crippen LogP contribution in [0.15, 0.2) is 36.5 Å². The molecule has 0 saturated carbocycles. The first kappa shape index (κ1) is 25.6. The van der Waals surface area contributed by atoms with Gasteiger partial charge in [0.25, 0.3) is 0 Å². The number of halogens is 2. The van der Waals surface area contributed by atoms with Crippen LogP contribution in [-0.2, 0) is 21.4 Å². The van der Waals surface area contributed by atoms with Crippen molar-refractivity contribution in [1.82, 2.24) is 15.2 Å². The standard InChI is InChI=1S/C25H33FN4O2.ClH/c1-17-13-29(21(11-27-17)15-32-4)14-24(31)30-16-25(2,3)22-12-28-20(10-23(22)30)9-18-6-5-7-19(26)8-18;/h5-8,10,12,17,21,27H,9,11,13-16H2,1-4H3;1H/t17-,21-;/m1./s1. The Balaban J connectivity index is 0.00000306. The highest BCUT2D eigenvalue weighted by Gasteiger charge is 2.39. The van der Waals surface area contributed by atoms with Crippen molar-refractivity contribution in [3.8, 4) is 0 Å². The molecule has 33 heavy (non-hydrogen) atoms.